The molecular weight excluding hydrogens is 218 g/mol. The van der Waals surface area contributed by atoms with Gasteiger partial charge in [0.25, 0.3) is 5.56 Å². The van der Waals surface area contributed by atoms with Crippen molar-refractivity contribution in [3.05, 3.63) is 46.4 Å². The lowest BCUT2D eigenvalue weighted by molar-refractivity contribution is 0.513. The van der Waals surface area contributed by atoms with Crippen LogP contribution in [0.5, 0.6) is 0 Å². The molecule has 5 nitrogen and oxygen atoms in total. The summed E-state index contributed by atoms with van der Waals surface area (Å²) in [5.41, 5.74) is -0.127. The van der Waals surface area contributed by atoms with Crippen molar-refractivity contribution in [2.45, 2.75) is 19.8 Å². The van der Waals surface area contributed by atoms with Crippen molar-refractivity contribution >= 4 is 5.82 Å². The number of anilines is 1. The molecule has 0 bridgehead atoms. The average Bonchev–Trinajstić information content (AvgIpc) is 2.81. The minimum atomic E-state index is -0.127. The third-order valence-corrected chi connectivity index (χ3v) is 2.38. The summed E-state index contributed by atoms with van der Waals surface area (Å²) in [6.45, 7) is 2.64. The highest BCUT2D eigenvalue weighted by molar-refractivity contribution is 5.33. The molecule has 90 valence electrons. The van der Waals surface area contributed by atoms with Crippen molar-refractivity contribution in [1.82, 2.24) is 9.97 Å². The molecule has 0 aromatic carbocycles. The van der Waals surface area contributed by atoms with Gasteiger partial charge in [-0.1, -0.05) is 6.92 Å². The van der Waals surface area contributed by atoms with Crippen LogP contribution in [0.25, 0.3) is 0 Å². The average molecular weight is 233 g/mol. The van der Waals surface area contributed by atoms with Crippen molar-refractivity contribution in [1.29, 1.82) is 0 Å². The second kappa shape index (κ2) is 5.34. The van der Waals surface area contributed by atoms with Crippen LogP contribution in [0.1, 0.15) is 18.5 Å². The van der Waals surface area contributed by atoms with E-state index in [1.54, 1.807) is 6.26 Å². The normalized spacial score (nSPS) is 10.4. The second-order valence-electron chi connectivity index (χ2n) is 3.69. The fourth-order valence-electron chi connectivity index (χ4n) is 1.53. The highest BCUT2D eigenvalue weighted by Gasteiger charge is 2.00. The fourth-order valence-corrected chi connectivity index (χ4v) is 1.53. The molecule has 0 radical (unpaired) electrons. The molecule has 0 saturated heterocycles. The van der Waals surface area contributed by atoms with Crippen molar-refractivity contribution in [3.63, 3.8) is 0 Å². The molecule has 2 aromatic rings. The van der Waals surface area contributed by atoms with E-state index in [2.05, 4.69) is 15.3 Å². The van der Waals surface area contributed by atoms with E-state index >= 15 is 0 Å². The zero-order valence-corrected chi connectivity index (χ0v) is 9.69. The van der Waals surface area contributed by atoms with Gasteiger partial charge in [0.1, 0.15) is 17.4 Å². The summed E-state index contributed by atoms with van der Waals surface area (Å²) in [5, 5.41) is 3.11. The molecule has 0 saturated carbocycles. The van der Waals surface area contributed by atoms with E-state index < -0.39 is 0 Å². The van der Waals surface area contributed by atoms with Crippen LogP contribution < -0.4 is 10.9 Å². The first-order valence-electron chi connectivity index (χ1n) is 5.64. The molecule has 0 aliphatic carbocycles. The molecule has 0 aliphatic rings. The lowest BCUT2D eigenvalue weighted by atomic mass is 10.3. The van der Waals surface area contributed by atoms with E-state index in [-0.39, 0.29) is 5.56 Å². The number of hydrogen-bond donors (Lipinski definition) is 2. The predicted molar refractivity (Wildman–Crippen MR) is 65.1 cm³/mol. The van der Waals surface area contributed by atoms with Gasteiger partial charge in [-0.05, 0) is 12.1 Å². The Morgan fingerprint density at radius 1 is 1.53 bits per heavy atom. The Morgan fingerprint density at radius 2 is 2.41 bits per heavy atom. The second-order valence-corrected chi connectivity index (χ2v) is 3.69. The summed E-state index contributed by atoms with van der Waals surface area (Å²) in [6.07, 6.45) is 3.13. The maximum atomic E-state index is 11.3. The first-order valence-corrected chi connectivity index (χ1v) is 5.64. The van der Waals surface area contributed by atoms with E-state index in [0.717, 1.165) is 12.2 Å². The SMILES string of the molecule is CCc1nc(NCCc2ccco2)cc(=O)[nH]1. The number of furan rings is 1. The van der Waals surface area contributed by atoms with Crippen molar-refractivity contribution in [2.24, 2.45) is 0 Å². The van der Waals surface area contributed by atoms with Crippen LogP contribution in [0, 0.1) is 0 Å². The summed E-state index contributed by atoms with van der Waals surface area (Å²) in [7, 11) is 0. The number of aryl methyl sites for hydroxylation is 1. The minimum Gasteiger partial charge on any atom is -0.469 e. The van der Waals surface area contributed by atoms with Crippen LogP contribution in [0.2, 0.25) is 0 Å². The number of H-pyrrole nitrogens is 1. The number of nitrogens with zero attached hydrogens (tertiary/aromatic N) is 1. The van der Waals surface area contributed by atoms with Crippen LogP contribution in [0.3, 0.4) is 0 Å². The van der Waals surface area contributed by atoms with E-state index in [1.165, 1.54) is 6.07 Å². The molecular formula is C12H15N3O2. The first kappa shape index (κ1) is 11.4. The molecule has 2 N–H and O–H groups in total. The quantitative estimate of drug-likeness (QED) is 0.822. The van der Waals surface area contributed by atoms with Gasteiger partial charge < -0.3 is 14.7 Å². The highest BCUT2D eigenvalue weighted by atomic mass is 16.3. The van der Waals surface area contributed by atoms with Crippen molar-refractivity contribution < 1.29 is 4.42 Å². The monoisotopic (exact) mass is 233 g/mol. The Labute approximate surface area is 98.9 Å². The molecule has 0 amide bonds. The van der Waals surface area contributed by atoms with Crippen LogP contribution in [-0.4, -0.2) is 16.5 Å². The molecule has 0 atom stereocenters. The first-order chi connectivity index (χ1) is 8.28. The lowest BCUT2D eigenvalue weighted by Crippen LogP contribution is -2.14. The molecule has 0 unspecified atom stereocenters. The molecule has 0 spiro atoms. The zero-order chi connectivity index (χ0) is 12.1. The Kier molecular flexibility index (Phi) is 3.59. The number of aromatic amines is 1. The van der Waals surface area contributed by atoms with Crippen LogP contribution in [-0.2, 0) is 12.8 Å². The van der Waals surface area contributed by atoms with Gasteiger partial charge in [-0.25, -0.2) is 4.98 Å². The summed E-state index contributed by atoms with van der Waals surface area (Å²) in [5.74, 6) is 2.22. The number of rotatable bonds is 5. The zero-order valence-electron chi connectivity index (χ0n) is 9.69. The number of nitrogens with one attached hydrogen (secondary N) is 2. The number of hydrogen-bond acceptors (Lipinski definition) is 4. The summed E-state index contributed by atoms with van der Waals surface area (Å²) >= 11 is 0. The molecule has 17 heavy (non-hydrogen) atoms. The topological polar surface area (TPSA) is 70.9 Å². The Morgan fingerprint density at radius 3 is 3.12 bits per heavy atom. The molecule has 0 aliphatic heterocycles. The number of aromatic nitrogens is 2. The smallest absolute Gasteiger partial charge is 0.252 e. The van der Waals surface area contributed by atoms with E-state index in [0.29, 0.717) is 24.6 Å². The maximum Gasteiger partial charge on any atom is 0.252 e. The van der Waals surface area contributed by atoms with Crippen LogP contribution in [0.4, 0.5) is 5.82 Å². The van der Waals surface area contributed by atoms with Gasteiger partial charge in [0.15, 0.2) is 0 Å². The molecule has 2 rings (SSSR count). The Balaban J connectivity index is 1.94. The van der Waals surface area contributed by atoms with Gasteiger partial charge in [-0.15, -0.1) is 0 Å². The van der Waals surface area contributed by atoms with Gasteiger partial charge in [-0.2, -0.15) is 0 Å². The third-order valence-electron chi connectivity index (χ3n) is 2.38. The van der Waals surface area contributed by atoms with Gasteiger partial charge >= 0.3 is 0 Å². The fraction of sp³-hybridized carbons (Fsp3) is 0.333. The van der Waals surface area contributed by atoms with Gasteiger partial charge in [-0.3, -0.25) is 4.79 Å². The van der Waals surface area contributed by atoms with E-state index in [9.17, 15) is 4.79 Å². The summed E-state index contributed by atoms with van der Waals surface area (Å²) < 4.78 is 5.21. The molecule has 2 aromatic heterocycles. The lowest BCUT2D eigenvalue weighted by Gasteiger charge is -2.05. The minimum absolute atomic E-state index is 0.127. The third kappa shape index (κ3) is 3.21. The van der Waals surface area contributed by atoms with Crippen molar-refractivity contribution in [3.8, 4) is 0 Å². The maximum absolute atomic E-state index is 11.3. The highest BCUT2D eigenvalue weighted by Crippen LogP contribution is 2.03. The van der Waals surface area contributed by atoms with Gasteiger partial charge in [0.2, 0.25) is 0 Å². The molecule has 2 heterocycles. The summed E-state index contributed by atoms with van der Waals surface area (Å²) in [6, 6.07) is 5.24. The van der Waals surface area contributed by atoms with E-state index in [1.807, 2.05) is 19.1 Å². The largest absolute Gasteiger partial charge is 0.469 e. The predicted octanol–water partition coefficient (Wildman–Crippen LogP) is 1.58. The van der Waals surface area contributed by atoms with Crippen LogP contribution >= 0.6 is 0 Å². The Hall–Kier alpha value is -2.04. The van der Waals surface area contributed by atoms with Gasteiger partial charge in [0, 0.05) is 25.5 Å². The van der Waals surface area contributed by atoms with Crippen molar-refractivity contribution in [2.75, 3.05) is 11.9 Å². The summed E-state index contributed by atoms with van der Waals surface area (Å²) in [4.78, 5) is 18.3. The van der Waals surface area contributed by atoms with E-state index in [4.69, 9.17) is 4.42 Å². The van der Waals surface area contributed by atoms with Gasteiger partial charge in [0.05, 0.1) is 6.26 Å². The Bertz CT molecular complexity index is 517. The standard InChI is InChI=1S/C12H15N3O2/c1-2-10-14-11(8-12(16)15-10)13-6-5-9-4-3-7-17-9/h3-4,7-8H,2,5-6H2,1H3,(H2,13,14,15,16). The van der Waals surface area contributed by atoms with Crippen LogP contribution in [0.15, 0.2) is 33.7 Å². The molecule has 5 heteroatoms. The molecule has 0 fully saturated rings.